The number of hydrogen-bond acceptors (Lipinski definition) is 4. The largest absolute Gasteiger partial charge is 0.309 e. The molecule has 1 aromatic carbocycles. The average Bonchev–Trinajstić information content (AvgIpc) is 2.75. The summed E-state index contributed by atoms with van der Waals surface area (Å²) < 4.78 is 3.90. The van der Waals surface area contributed by atoms with Crippen molar-refractivity contribution in [2.24, 2.45) is 0 Å². The minimum absolute atomic E-state index is 0.200. The molecule has 2 rings (SSSR count). The summed E-state index contributed by atoms with van der Waals surface area (Å²) in [6, 6.07) is 8.56. The number of aryl methyl sites for hydroxylation is 1. The van der Waals surface area contributed by atoms with Gasteiger partial charge in [0, 0.05) is 0 Å². The van der Waals surface area contributed by atoms with E-state index in [2.05, 4.69) is 46.1 Å². The van der Waals surface area contributed by atoms with Crippen LogP contribution in [-0.4, -0.2) is 16.6 Å². The normalized spacial score (nSPS) is 12.7. The predicted molar refractivity (Wildman–Crippen MR) is 62.0 cm³/mol. The van der Waals surface area contributed by atoms with Crippen molar-refractivity contribution in [3.8, 4) is 0 Å². The van der Waals surface area contributed by atoms with Crippen molar-refractivity contribution < 1.29 is 0 Å². The number of aromatic nitrogens is 2. The van der Waals surface area contributed by atoms with Gasteiger partial charge in [0.1, 0.15) is 0 Å². The third-order valence-electron chi connectivity index (χ3n) is 2.45. The summed E-state index contributed by atoms with van der Waals surface area (Å²) in [6.45, 7) is 2.12. The number of benzene rings is 1. The molecule has 0 aliphatic heterocycles. The van der Waals surface area contributed by atoms with Gasteiger partial charge in [0.05, 0.1) is 17.1 Å². The fraction of sp³-hybridized carbons (Fsp3) is 0.273. The SMILES string of the molecule is CNC(c1cnns1)c1ccccc1C. The number of rotatable bonds is 3. The standard InChI is InChI=1S/C11H13N3S/c1-8-5-3-4-6-9(8)11(12-2)10-7-13-14-15-10/h3-7,11-12H,1-2H3. The first-order valence-electron chi connectivity index (χ1n) is 4.83. The Kier molecular flexibility index (Phi) is 3.08. The first kappa shape index (κ1) is 10.3. The minimum Gasteiger partial charge on any atom is -0.309 e. The fourth-order valence-corrected chi connectivity index (χ4v) is 2.30. The van der Waals surface area contributed by atoms with E-state index in [4.69, 9.17) is 0 Å². The van der Waals surface area contributed by atoms with E-state index in [1.165, 1.54) is 22.7 Å². The van der Waals surface area contributed by atoms with E-state index in [0.717, 1.165) is 4.88 Å². The average molecular weight is 219 g/mol. The van der Waals surface area contributed by atoms with Crippen molar-refractivity contribution in [3.63, 3.8) is 0 Å². The maximum atomic E-state index is 3.90. The van der Waals surface area contributed by atoms with Gasteiger partial charge in [0.2, 0.25) is 0 Å². The van der Waals surface area contributed by atoms with Gasteiger partial charge in [-0.05, 0) is 36.6 Å². The second-order valence-corrected chi connectivity index (χ2v) is 4.22. The molecule has 15 heavy (non-hydrogen) atoms. The molecule has 1 unspecified atom stereocenters. The van der Waals surface area contributed by atoms with Gasteiger partial charge in [-0.3, -0.25) is 0 Å². The third kappa shape index (κ3) is 2.06. The maximum Gasteiger partial charge on any atom is 0.0703 e. The Morgan fingerprint density at radius 2 is 2.13 bits per heavy atom. The monoisotopic (exact) mass is 219 g/mol. The van der Waals surface area contributed by atoms with Crippen LogP contribution in [0.3, 0.4) is 0 Å². The van der Waals surface area contributed by atoms with Crippen LogP contribution in [0.5, 0.6) is 0 Å². The van der Waals surface area contributed by atoms with Gasteiger partial charge in [-0.2, -0.15) is 0 Å². The van der Waals surface area contributed by atoms with Crippen LogP contribution in [0.25, 0.3) is 0 Å². The van der Waals surface area contributed by atoms with Gasteiger partial charge in [-0.15, -0.1) is 5.10 Å². The Bertz CT molecular complexity index is 425. The second kappa shape index (κ2) is 4.51. The Morgan fingerprint density at radius 3 is 2.73 bits per heavy atom. The quantitative estimate of drug-likeness (QED) is 0.859. The summed E-state index contributed by atoms with van der Waals surface area (Å²) in [4.78, 5) is 1.15. The van der Waals surface area contributed by atoms with Crippen LogP contribution in [0.1, 0.15) is 22.0 Å². The van der Waals surface area contributed by atoms with Gasteiger partial charge in [-0.1, -0.05) is 28.8 Å². The van der Waals surface area contributed by atoms with Crippen LogP contribution in [0.15, 0.2) is 30.5 Å². The fourth-order valence-electron chi connectivity index (χ4n) is 1.66. The summed E-state index contributed by atoms with van der Waals surface area (Å²) >= 11 is 1.44. The zero-order valence-electron chi connectivity index (χ0n) is 8.77. The number of nitrogens with zero attached hydrogens (tertiary/aromatic N) is 2. The molecule has 4 heteroatoms. The molecule has 78 valence electrons. The molecule has 0 saturated carbocycles. The zero-order chi connectivity index (χ0) is 10.7. The smallest absolute Gasteiger partial charge is 0.0703 e. The van der Waals surface area contributed by atoms with Crippen molar-refractivity contribution in [2.75, 3.05) is 7.05 Å². The predicted octanol–water partition coefficient (Wildman–Crippen LogP) is 2.16. The number of hydrogen-bond donors (Lipinski definition) is 1. The molecule has 0 radical (unpaired) electrons. The van der Waals surface area contributed by atoms with Crippen LogP contribution in [0.4, 0.5) is 0 Å². The van der Waals surface area contributed by atoms with Crippen LogP contribution in [-0.2, 0) is 0 Å². The molecule has 0 bridgehead atoms. The van der Waals surface area contributed by atoms with Crippen molar-refractivity contribution in [2.45, 2.75) is 13.0 Å². The lowest BCUT2D eigenvalue weighted by Crippen LogP contribution is -2.17. The first-order chi connectivity index (χ1) is 7.33. The zero-order valence-corrected chi connectivity index (χ0v) is 9.58. The Labute approximate surface area is 93.3 Å². The van der Waals surface area contributed by atoms with Crippen molar-refractivity contribution in [1.29, 1.82) is 0 Å². The lowest BCUT2D eigenvalue weighted by molar-refractivity contribution is 0.698. The Hall–Kier alpha value is -1.26. The van der Waals surface area contributed by atoms with E-state index in [0.29, 0.717) is 0 Å². The highest BCUT2D eigenvalue weighted by molar-refractivity contribution is 7.05. The van der Waals surface area contributed by atoms with Crippen LogP contribution in [0, 0.1) is 6.92 Å². The summed E-state index contributed by atoms with van der Waals surface area (Å²) in [5.74, 6) is 0. The van der Waals surface area contributed by atoms with E-state index in [1.807, 2.05) is 13.2 Å². The van der Waals surface area contributed by atoms with Crippen molar-refractivity contribution >= 4 is 11.5 Å². The topological polar surface area (TPSA) is 37.8 Å². The number of nitrogens with one attached hydrogen (secondary N) is 1. The molecule has 1 aromatic heterocycles. The molecular weight excluding hydrogens is 206 g/mol. The van der Waals surface area contributed by atoms with Crippen molar-refractivity contribution in [1.82, 2.24) is 14.9 Å². The van der Waals surface area contributed by atoms with Gasteiger partial charge >= 0.3 is 0 Å². The van der Waals surface area contributed by atoms with Crippen molar-refractivity contribution in [3.05, 3.63) is 46.5 Å². The highest BCUT2D eigenvalue weighted by Crippen LogP contribution is 2.25. The molecule has 1 heterocycles. The molecule has 3 nitrogen and oxygen atoms in total. The second-order valence-electron chi connectivity index (χ2n) is 3.40. The summed E-state index contributed by atoms with van der Waals surface area (Å²) in [5, 5.41) is 7.17. The molecular formula is C11H13N3S. The molecule has 0 aliphatic rings. The highest BCUT2D eigenvalue weighted by atomic mass is 32.1. The lowest BCUT2D eigenvalue weighted by Gasteiger charge is -2.16. The molecule has 0 aliphatic carbocycles. The van der Waals surface area contributed by atoms with E-state index in [1.54, 1.807) is 0 Å². The molecule has 1 N–H and O–H groups in total. The molecule has 1 atom stereocenters. The van der Waals surface area contributed by atoms with Crippen LogP contribution >= 0.6 is 11.5 Å². The van der Waals surface area contributed by atoms with Gasteiger partial charge in [0.15, 0.2) is 0 Å². The van der Waals surface area contributed by atoms with Crippen LogP contribution < -0.4 is 5.32 Å². The van der Waals surface area contributed by atoms with Gasteiger partial charge in [-0.25, -0.2) is 0 Å². The molecule has 0 fully saturated rings. The molecule has 0 saturated heterocycles. The van der Waals surface area contributed by atoms with Crippen LogP contribution in [0.2, 0.25) is 0 Å². The summed E-state index contributed by atoms with van der Waals surface area (Å²) in [5.41, 5.74) is 2.57. The van der Waals surface area contributed by atoms with E-state index in [9.17, 15) is 0 Å². The van der Waals surface area contributed by atoms with E-state index < -0.39 is 0 Å². The van der Waals surface area contributed by atoms with E-state index in [-0.39, 0.29) is 6.04 Å². The van der Waals surface area contributed by atoms with Gasteiger partial charge < -0.3 is 5.32 Å². The lowest BCUT2D eigenvalue weighted by atomic mass is 10.0. The maximum absolute atomic E-state index is 3.90. The van der Waals surface area contributed by atoms with Gasteiger partial charge in [0.25, 0.3) is 0 Å². The van der Waals surface area contributed by atoms with E-state index >= 15 is 0 Å². The molecule has 0 spiro atoms. The Balaban J connectivity index is 2.40. The molecule has 0 amide bonds. The summed E-state index contributed by atoms with van der Waals surface area (Å²) in [6.07, 6.45) is 1.82. The minimum atomic E-state index is 0.200. The third-order valence-corrected chi connectivity index (χ3v) is 3.18. The Morgan fingerprint density at radius 1 is 1.33 bits per heavy atom. The summed E-state index contributed by atoms with van der Waals surface area (Å²) in [7, 11) is 1.96. The first-order valence-corrected chi connectivity index (χ1v) is 5.60. The molecule has 2 aromatic rings. The highest BCUT2D eigenvalue weighted by Gasteiger charge is 2.15.